The van der Waals surface area contributed by atoms with Crippen molar-refractivity contribution in [2.24, 2.45) is 5.73 Å². The second-order valence-electron chi connectivity index (χ2n) is 9.12. The summed E-state index contributed by atoms with van der Waals surface area (Å²) in [4.78, 5) is 42.0. The second-order valence-corrected chi connectivity index (χ2v) is 9.50. The summed E-state index contributed by atoms with van der Waals surface area (Å²) in [7, 11) is 0. The van der Waals surface area contributed by atoms with Gasteiger partial charge in [-0.1, -0.05) is 11.6 Å². The summed E-state index contributed by atoms with van der Waals surface area (Å²) in [6.07, 6.45) is 2.42. The van der Waals surface area contributed by atoms with Gasteiger partial charge < -0.3 is 15.8 Å². The van der Waals surface area contributed by atoms with Crippen LogP contribution in [0.4, 0.5) is 14.5 Å². The molecular formula is C28H21ClF2N4O4. The topological polar surface area (TPSA) is 116 Å². The Balaban J connectivity index is 1.37. The molecule has 1 aliphatic carbocycles. The number of benzene rings is 2. The molecule has 1 saturated carbocycles. The highest BCUT2D eigenvalue weighted by molar-refractivity contribution is 6.33. The molecule has 2 heterocycles. The number of carbonyl (C=O) groups excluding carboxylic acids is 2. The monoisotopic (exact) mass is 550 g/mol. The molecule has 0 atom stereocenters. The molecule has 39 heavy (non-hydrogen) atoms. The van der Waals surface area contributed by atoms with E-state index in [1.54, 1.807) is 13.0 Å². The Hall–Kier alpha value is -4.57. The Morgan fingerprint density at radius 2 is 1.77 bits per heavy atom. The molecule has 0 saturated heterocycles. The van der Waals surface area contributed by atoms with Gasteiger partial charge in [0.05, 0.1) is 11.1 Å². The third-order valence-electron chi connectivity index (χ3n) is 6.55. The predicted octanol–water partition coefficient (Wildman–Crippen LogP) is 5.03. The van der Waals surface area contributed by atoms with E-state index >= 15 is 0 Å². The SMILES string of the molecule is Cc1ccc(C(=O)Nc2ccc(Oc3ccnc(C4(C(N)=O)CC4)c3Cl)c(F)c2)c(=O)n1-c1ccc(F)cc1. The van der Waals surface area contributed by atoms with Gasteiger partial charge in [0.25, 0.3) is 11.5 Å². The molecule has 8 nitrogen and oxygen atoms in total. The summed E-state index contributed by atoms with van der Waals surface area (Å²) in [6.45, 7) is 1.68. The van der Waals surface area contributed by atoms with Crippen LogP contribution in [0, 0.1) is 18.6 Å². The Morgan fingerprint density at radius 1 is 1.05 bits per heavy atom. The third-order valence-corrected chi connectivity index (χ3v) is 6.91. The zero-order valence-corrected chi connectivity index (χ0v) is 21.3. The highest BCUT2D eigenvalue weighted by Crippen LogP contribution is 2.51. The minimum Gasteiger partial charge on any atom is -0.453 e. The Morgan fingerprint density at radius 3 is 2.41 bits per heavy atom. The van der Waals surface area contributed by atoms with Crippen LogP contribution in [0.1, 0.15) is 34.6 Å². The molecule has 0 radical (unpaired) electrons. The average molecular weight is 551 g/mol. The van der Waals surface area contributed by atoms with E-state index in [2.05, 4.69) is 10.3 Å². The van der Waals surface area contributed by atoms with E-state index in [4.69, 9.17) is 22.1 Å². The number of aryl methyl sites for hydroxylation is 1. The number of hydrogen-bond donors (Lipinski definition) is 2. The van der Waals surface area contributed by atoms with Crippen LogP contribution in [0.5, 0.6) is 11.5 Å². The summed E-state index contributed by atoms with van der Waals surface area (Å²) >= 11 is 6.41. The van der Waals surface area contributed by atoms with Gasteiger partial charge in [-0.3, -0.25) is 23.9 Å². The molecule has 2 aromatic heterocycles. The Labute approximate surface area is 226 Å². The van der Waals surface area contributed by atoms with E-state index in [-0.39, 0.29) is 33.5 Å². The van der Waals surface area contributed by atoms with Crippen molar-refractivity contribution in [1.29, 1.82) is 0 Å². The van der Waals surface area contributed by atoms with Gasteiger partial charge in [0.1, 0.15) is 22.2 Å². The lowest BCUT2D eigenvalue weighted by molar-refractivity contribution is -0.120. The number of hydrogen-bond acceptors (Lipinski definition) is 5. The molecule has 3 N–H and O–H groups in total. The van der Waals surface area contributed by atoms with Gasteiger partial charge in [-0.05, 0) is 68.3 Å². The Bertz CT molecular complexity index is 1680. The van der Waals surface area contributed by atoms with E-state index in [1.165, 1.54) is 59.3 Å². The van der Waals surface area contributed by atoms with Crippen molar-refractivity contribution in [2.45, 2.75) is 25.2 Å². The van der Waals surface area contributed by atoms with Crippen molar-refractivity contribution in [3.8, 4) is 17.2 Å². The number of amides is 2. The van der Waals surface area contributed by atoms with Gasteiger partial charge in [-0.25, -0.2) is 8.78 Å². The minimum absolute atomic E-state index is 0.0578. The lowest BCUT2D eigenvalue weighted by Gasteiger charge is -2.15. The lowest BCUT2D eigenvalue weighted by atomic mass is 10.0. The third kappa shape index (κ3) is 4.86. The fraction of sp³-hybridized carbons (Fsp3) is 0.143. The lowest BCUT2D eigenvalue weighted by Crippen LogP contribution is -2.29. The van der Waals surface area contributed by atoms with Gasteiger partial charge in [-0.15, -0.1) is 0 Å². The van der Waals surface area contributed by atoms with Gasteiger partial charge in [0.15, 0.2) is 11.6 Å². The highest BCUT2D eigenvalue weighted by atomic mass is 35.5. The van der Waals surface area contributed by atoms with E-state index in [9.17, 15) is 23.2 Å². The number of pyridine rings is 2. The summed E-state index contributed by atoms with van der Waals surface area (Å²) in [5.41, 5.74) is 5.04. The maximum absolute atomic E-state index is 14.9. The molecule has 2 amide bonds. The number of anilines is 1. The molecule has 5 rings (SSSR count). The predicted molar refractivity (Wildman–Crippen MR) is 141 cm³/mol. The normalized spacial score (nSPS) is 13.5. The molecular weight excluding hydrogens is 530 g/mol. The first kappa shape index (κ1) is 26.1. The molecule has 0 bridgehead atoms. The van der Waals surface area contributed by atoms with Crippen LogP contribution < -0.4 is 21.3 Å². The second kappa shape index (κ2) is 9.95. The quantitative estimate of drug-likeness (QED) is 0.335. The molecule has 2 aromatic carbocycles. The van der Waals surface area contributed by atoms with Gasteiger partial charge in [-0.2, -0.15) is 0 Å². The number of nitrogens with one attached hydrogen (secondary N) is 1. The largest absolute Gasteiger partial charge is 0.453 e. The molecule has 198 valence electrons. The number of primary amides is 1. The van der Waals surface area contributed by atoms with Crippen molar-refractivity contribution in [1.82, 2.24) is 9.55 Å². The van der Waals surface area contributed by atoms with Gasteiger partial charge in [0, 0.05) is 35.4 Å². The van der Waals surface area contributed by atoms with Crippen molar-refractivity contribution in [2.75, 3.05) is 5.32 Å². The molecule has 1 fully saturated rings. The number of carbonyl (C=O) groups is 2. The Kier molecular flexibility index (Phi) is 6.65. The summed E-state index contributed by atoms with van der Waals surface area (Å²) in [5.74, 6) is -2.68. The zero-order valence-electron chi connectivity index (χ0n) is 20.5. The first-order chi connectivity index (χ1) is 18.6. The first-order valence-electron chi connectivity index (χ1n) is 11.8. The molecule has 0 unspecified atom stereocenters. The van der Waals surface area contributed by atoms with E-state index < -0.39 is 34.4 Å². The molecule has 11 heteroatoms. The smallest absolute Gasteiger partial charge is 0.268 e. The fourth-order valence-electron chi connectivity index (χ4n) is 4.26. The highest BCUT2D eigenvalue weighted by Gasteiger charge is 2.53. The summed E-state index contributed by atoms with van der Waals surface area (Å²) in [6, 6.07) is 13.4. The number of ether oxygens (including phenoxy) is 1. The van der Waals surface area contributed by atoms with E-state index in [1.807, 2.05) is 0 Å². The number of nitrogens with two attached hydrogens (primary N) is 1. The van der Waals surface area contributed by atoms with Gasteiger partial charge >= 0.3 is 0 Å². The van der Waals surface area contributed by atoms with Crippen molar-refractivity contribution >= 4 is 29.1 Å². The van der Waals surface area contributed by atoms with E-state index in [0.717, 1.165) is 6.07 Å². The zero-order chi connectivity index (χ0) is 27.9. The average Bonchev–Trinajstić information content (AvgIpc) is 3.70. The van der Waals surface area contributed by atoms with Crippen LogP contribution in [0.2, 0.25) is 5.02 Å². The van der Waals surface area contributed by atoms with Crippen LogP contribution >= 0.6 is 11.6 Å². The van der Waals surface area contributed by atoms with Crippen LogP contribution in [-0.4, -0.2) is 21.4 Å². The van der Waals surface area contributed by atoms with Gasteiger partial charge in [0.2, 0.25) is 5.91 Å². The number of aromatic nitrogens is 2. The molecule has 0 aliphatic heterocycles. The standard InChI is InChI=1S/C28H21ClF2N4O4/c1-15-2-8-19(26(37)35(15)18-6-3-16(30)4-7-18)25(36)34-17-5-9-21(20(31)14-17)39-22-10-13-33-24(23(22)29)28(11-12-28)27(32)38/h2-10,13-14H,11-12H2,1H3,(H2,32,38)(H,34,36). The van der Waals surface area contributed by atoms with Crippen LogP contribution in [0.15, 0.2) is 71.7 Å². The number of nitrogens with zero attached hydrogens (tertiary/aromatic N) is 2. The number of halogens is 3. The fourth-order valence-corrected chi connectivity index (χ4v) is 4.59. The van der Waals surface area contributed by atoms with Crippen molar-refractivity contribution < 1.29 is 23.1 Å². The van der Waals surface area contributed by atoms with Crippen LogP contribution in [0.25, 0.3) is 5.69 Å². The number of rotatable bonds is 7. The summed E-state index contributed by atoms with van der Waals surface area (Å²) in [5, 5.41) is 2.56. The summed E-state index contributed by atoms with van der Waals surface area (Å²) < 4.78 is 35.2. The van der Waals surface area contributed by atoms with Crippen molar-refractivity contribution in [3.63, 3.8) is 0 Å². The maximum atomic E-state index is 14.9. The van der Waals surface area contributed by atoms with Crippen LogP contribution in [-0.2, 0) is 10.2 Å². The van der Waals surface area contributed by atoms with Crippen molar-refractivity contribution in [3.05, 3.63) is 111 Å². The maximum Gasteiger partial charge on any atom is 0.268 e. The molecule has 0 spiro atoms. The molecule has 1 aliphatic rings. The first-order valence-corrected chi connectivity index (χ1v) is 12.2. The van der Waals surface area contributed by atoms with E-state index in [0.29, 0.717) is 24.2 Å². The minimum atomic E-state index is -0.950. The molecule has 4 aromatic rings. The van der Waals surface area contributed by atoms with Crippen LogP contribution in [0.3, 0.4) is 0 Å².